The van der Waals surface area contributed by atoms with Crippen molar-refractivity contribution >= 4 is 18.7 Å². The molecule has 96 valence electrons. The number of methoxy groups -OCH3 is 1. The molecule has 0 spiro atoms. The SMILES string of the molecule is C/C=C\SNC/C=C/C=C(\C=C/C)OC.C=O. The largest absolute Gasteiger partial charge is 0.497 e. The average molecular weight is 255 g/mol. The van der Waals surface area contributed by atoms with Crippen LogP contribution in [-0.2, 0) is 9.53 Å². The zero-order valence-corrected chi connectivity index (χ0v) is 11.5. The van der Waals surface area contributed by atoms with Crippen molar-refractivity contribution in [2.75, 3.05) is 13.7 Å². The van der Waals surface area contributed by atoms with E-state index in [4.69, 9.17) is 9.53 Å². The van der Waals surface area contributed by atoms with Crippen molar-refractivity contribution < 1.29 is 9.53 Å². The third-order valence-electron chi connectivity index (χ3n) is 1.45. The summed E-state index contributed by atoms with van der Waals surface area (Å²) < 4.78 is 8.29. The van der Waals surface area contributed by atoms with Crippen molar-refractivity contribution in [2.45, 2.75) is 13.8 Å². The summed E-state index contributed by atoms with van der Waals surface area (Å²) in [7, 11) is 1.67. The molecule has 0 aromatic heterocycles. The van der Waals surface area contributed by atoms with Gasteiger partial charge in [-0.15, -0.1) is 0 Å². The van der Waals surface area contributed by atoms with E-state index in [-0.39, 0.29) is 0 Å². The minimum atomic E-state index is 0.832. The highest BCUT2D eigenvalue weighted by Gasteiger charge is 1.83. The quantitative estimate of drug-likeness (QED) is 0.328. The van der Waals surface area contributed by atoms with Gasteiger partial charge in [-0.05, 0) is 31.4 Å². The number of hydrogen-bond donors (Lipinski definition) is 1. The normalized spacial score (nSPS) is 12.1. The van der Waals surface area contributed by atoms with Crippen LogP contribution in [0.3, 0.4) is 0 Å². The van der Waals surface area contributed by atoms with Crippen LogP contribution in [-0.4, -0.2) is 20.4 Å². The Kier molecular flexibility index (Phi) is 18.3. The van der Waals surface area contributed by atoms with Gasteiger partial charge in [0, 0.05) is 6.54 Å². The Morgan fingerprint density at radius 2 is 2.06 bits per heavy atom. The minimum absolute atomic E-state index is 0.832. The maximum absolute atomic E-state index is 8.00. The van der Waals surface area contributed by atoms with Crippen LogP contribution in [0.25, 0.3) is 0 Å². The summed E-state index contributed by atoms with van der Waals surface area (Å²) >= 11 is 1.58. The maximum Gasteiger partial charge on any atom is 0.118 e. The summed E-state index contributed by atoms with van der Waals surface area (Å²) in [5, 5.41) is 2.00. The number of rotatable bonds is 7. The molecule has 0 atom stereocenters. The molecule has 0 amide bonds. The topological polar surface area (TPSA) is 38.3 Å². The Balaban J connectivity index is 0. The smallest absolute Gasteiger partial charge is 0.118 e. The predicted octanol–water partition coefficient (Wildman–Crippen LogP) is 3.24. The minimum Gasteiger partial charge on any atom is -0.497 e. The van der Waals surface area contributed by atoms with Gasteiger partial charge >= 0.3 is 0 Å². The fraction of sp³-hybridized carbons (Fsp3) is 0.308. The fourth-order valence-corrected chi connectivity index (χ4v) is 1.22. The van der Waals surface area contributed by atoms with E-state index in [0.717, 1.165) is 12.3 Å². The highest BCUT2D eigenvalue weighted by atomic mass is 32.2. The number of allylic oxidation sites excluding steroid dienone is 5. The van der Waals surface area contributed by atoms with Crippen LogP contribution < -0.4 is 4.72 Å². The number of carbonyl (C=O) groups excluding carboxylic acids is 1. The Morgan fingerprint density at radius 1 is 1.35 bits per heavy atom. The fourth-order valence-electron chi connectivity index (χ4n) is 0.799. The summed E-state index contributed by atoms with van der Waals surface area (Å²) in [5.74, 6) is 0.856. The second kappa shape index (κ2) is 17.1. The van der Waals surface area contributed by atoms with Crippen LogP contribution in [0.5, 0.6) is 0 Å². The van der Waals surface area contributed by atoms with Crippen molar-refractivity contribution in [3.63, 3.8) is 0 Å². The lowest BCUT2D eigenvalue weighted by Gasteiger charge is -1.97. The molecule has 0 saturated carbocycles. The molecule has 0 fully saturated rings. The van der Waals surface area contributed by atoms with Crippen molar-refractivity contribution in [3.8, 4) is 0 Å². The lowest BCUT2D eigenvalue weighted by Crippen LogP contribution is -1.99. The molecule has 0 aliphatic heterocycles. The second-order valence-corrected chi connectivity index (χ2v) is 3.43. The molecule has 0 aromatic rings. The Hall–Kier alpha value is -1.26. The molecule has 0 bridgehead atoms. The van der Waals surface area contributed by atoms with Gasteiger partial charge < -0.3 is 9.53 Å². The van der Waals surface area contributed by atoms with E-state index in [2.05, 4.69) is 4.72 Å². The average Bonchev–Trinajstić information content (AvgIpc) is 2.38. The summed E-state index contributed by atoms with van der Waals surface area (Å²) in [6.45, 7) is 6.79. The van der Waals surface area contributed by atoms with Crippen LogP contribution in [0.15, 0.2) is 47.6 Å². The molecule has 0 aliphatic carbocycles. The number of ether oxygens (including phenoxy) is 1. The van der Waals surface area contributed by atoms with Gasteiger partial charge in [0.15, 0.2) is 0 Å². The zero-order chi connectivity index (χ0) is 13.4. The van der Waals surface area contributed by atoms with Crippen LogP contribution in [0.1, 0.15) is 13.8 Å². The monoisotopic (exact) mass is 255 g/mol. The third-order valence-corrected chi connectivity index (χ3v) is 2.19. The van der Waals surface area contributed by atoms with E-state index in [1.807, 2.05) is 62.5 Å². The molecule has 17 heavy (non-hydrogen) atoms. The lowest BCUT2D eigenvalue weighted by atomic mass is 10.3. The number of hydrogen-bond acceptors (Lipinski definition) is 4. The van der Waals surface area contributed by atoms with Crippen molar-refractivity contribution in [3.05, 3.63) is 47.6 Å². The third kappa shape index (κ3) is 14.7. The molecular weight excluding hydrogens is 234 g/mol. The molecule has 0 aliphatic rings. The summed E-state index contributed by atoms with van der Waals surface area (Å²) in [6, 6.07) is 0. The van der Waals surface area contributed by atoms with E-state index >= 15 is 0 Å². The molecule has 4 heteroatoms. The van der Waals surface area contributed by atoms with Crippen LogP contribution >= 0.6 is 11.9 Å². The molecule has 0 radical (unpaired) electrons. The first-order chi connectivity index (χ1) is 8.35. The molecule has 0 saturated heterocycles. The van der Waals surface area contributed by atoms with Gasteiger partial charge in [-0.3, -0.25) is 4.72 Å². The molecular formula is C13H21NO2S. The van der Waals surface area contributed by atoms with Crippen LogP contribution in [0.2, 0.25) is 0 Å². The van der Waals surface area contributed by atoms with Gasteiger partial charge in [0.2, 0.25) is 0 Å². The van der Waals surface area contributed by atoms with Gasteiger partial charge in [-0.1, -0.05) is 36.3 Å². The first-order valence-corrected chi connectivity index (χ1v) is 6.05. The summed E-state index contributed by atoms with van der Waals surface area (Å²) in [6.07, 6.45) is 11.8. The van der Waals surface area contributed by atoms with Gasteiger partial charge in [-0.25, -0.2) is 0 Å². The number of carbonyl (C=O) groups is 1. The van der Waals surface area contributed by atoms with Crippen molar-refractivity contribution in [2.24, 2.45) is 0 Å². The Morgan fingerprint density at radius 3 is 2.59 bits per heavy atom. The summed E-state index contributed by atoms with van der Waals surface area (Å²) in [4.78, 5) is 8.00. The highest BCUT2D eigenvalue weighted by Crippen LogP contribution is 1.98. The molecule has 0 unspecified atom stereocenters. The van der Waals surface area contributed by atoms with Gasteiger partial charge in [0.05, 0.1) is 7.11 Å². The molecule has 0 rings (SSSR count). The van der Waals surface area contributed by atoms with E-state index in [1.54, 1.807) is 19.1 Å². The zero-order valence-electron chi connectivity index (χ0n) is 10.7. The number of nitrogens with one attached hydrogen (secondary N) is 1. The first kappa shape index (κ1) is 18.1. The molecule has 0 aromatic carbocycles. The first-order valence-electron chi connectivity index (χ1n) is 5.17. The second-order valence-electron chi connectivity index (χ2n) is 2.64. The van der Waals surface area contributed by atoms with E-state index in [9.17, 15) is 0 Å². The van der Waals surface area contributed by atoms with Gasteiger partial charge in [0.1, 0.15) is 12.5 Å². The van der Waals surface area contributed by atoms with Gasteiger partial charge in [0.25, 0.3) is 0 Å². The van der Waals surface area contributed by atoms with Crippen molar-refractivity contribution in [1.82, 2.24) is 4.72 Å². The maximum atomic E-state index is 8.00. The van der Waals surface area contributed by atoms with Crippen molar-refractivity contribution in [1.29, 1.82) is 0 Å². The van der Waals surface area contributed by atoms with Crippen LogP contribution in [0, 0.1) is 0 Å². The van der Waals surface area contributed by atoms with E-state index in [0.29, 0.717) is 0 Å². The molecule has 3 nitrogen and oxygen atoms in total. The van der Waals surface area contributed by atoms with Crippen LogP contribution in [0.4, 0.5) is 0 Å². The lowest BCUT2D eigenvalue weighted by molar-refractivity contribution is -0.0979. The van der Waals surface area contributed by atoms with Gasteiger partial charge in [-0.2, -0.15) is 0 Å². The van der Waals surface area contributed by atoms with E-state index < -0.39 is 0 Å². The Bertz CT molecular complexity index is 271. The standard InChI is InChI=1S/C12H19NOS.CH2O/c1-4-8-12(14-3)9-6-7-10-13-15-11-5-2;1-2/h4-9,11,13H,10H2,1-3H3;1H2/b7-6+,8-4-,11-5-,12-9+;. The summed E-state index contributed by atoms with van der Waals surface area (Å²) in [5.41, 5.74) is 0. The predicted molar refractivity (Wildman–Crippen MR) is 76.6 cm³/mol. The van der Waals surface area contributed by atoms with E-state index in [1.165, 1.54) is 0 Å². The highest BCUT2D eigenvalue weighted by molar-refractivity contribution is 8.00. The molecule has 0 heterocycles. The molecule has 1 N–H and O–H groups in total. The Labute approximate surface area is 108 Å².